The molecular weight excluding hydrogens is 292 g/mol. The molecule has 0 spiro atoms. The Labute approximate surface area is 133 Å². The van der Waals surface area contributed by atoms with Crippen LogP contribution in [-0.4, -0.2) is 22.5 Å². The Morgan fingerprint density at radius 3 is 2.96 bits per heavy atom. The van der Waals surface area contributed by atoms with Crippen LogP contribution in [0.15, 0.2) is 65.4 Å². The van der Waals surface area contributed by atoms with Crippen molar-refractivity contribution < 1.29 is 14.3 Å². The Balaban J connectivity index is 1.64. The van der Waals surface area contributed by atoms with Crippen LogP contribution in [0, 0.1) is 0 Å². The maximum absolute atomic E-state index is 11.9. The second-order valence-corrected chi connectivity index (χ2v) is 5.03. The maximum atomic E-state index is 11.9. The Morgan fingerprint density at radius 1 is 1.26 bits per heavy atom. The molecule has 3 aromatic rings. The van der Waals surface area contributed by atoms with Crippen molar-refractivity contribution in [2.24, 2.45) is 0 Å². The number of carbonyl (C=O) groups is 1. The molecular formula is C18H16N2O3. The van der Waals surface area contributed by atoms with Crippen LogP contribution in [-0.2, 0) is 4.79 Å². The van der Waals surface area contributed by atoms with E-state index in [0.29, 0.717) is 5.76 Å². The van der Waals surface area contributed by atoms with Gasteiger partial charge in [-0.05, 0) is 24.3 Å². The van der Waals surface area contributed by atoms with E-state index in [1.54, 1.807) is 24.4 Å². The van der Waals surface area contributed by atoms with Crippen LogP contribution in [0.3, 0.4) is 0 Å². The number of aliphatic hydroxyl groups excluding tert-OH is 1. The Morgan fingerprint density at radius 2 is 2.13 bits per heavy atom. The molecule has 0 bridgehead atoms. The minimum atomic E-state index is -0.860. The molecule has 0 aliphatic carbocycles. The van der Waals surface area contributed by atoms with Crippen molar-refractivity contribution >= 4 is 22.9 Å². The molecule has 1 amide bonds. The predicted molar refractivity (Wildman–Crippen MR) is 87.5 cm³/mol. The van der Waals surface area contributed by atoms with E-state index in [9.17, 15) is 9.90 Å². The van der Waals surface area contributed by atoms with Gasteiger partial charge in [-0.3, -0.25) is 9.78 Å². The lowest BCUT2D eigenvalue weighted by molar-refractivity contribution is -0.116. The fourth-order valence-corrected chi connectivity index (χ4v) is 2.27. The zero-order valence-electron chi connectivity index (χ0n) is 12.3. The van der Waals surface area contributed by atoms with E-state index >= 15 is 0 Å². The van der Waals surface area contributed by atoms with Gasteiger partial charge in [0.25, 0.3) is 0 Å². The predicted octanol–water partition coefficient (Wildman–Crippen LogP) is 2.69. The van der Waals surface area contributed by atoms with E-state index in [2.05, 4.69) is 10.3 Å². The number of hydrogen-bond donors (Lipinski definition) is 2. The number of rotatable bonds is 5. The molecule has 1 unspecified atom stereocenters. The van der Waals surface area contributed by atoms with Gasteiger partial charge >= 0.3 is 0 Å². The van der Waals surface area contributed by atoms with Crippen molar-refractivity contribution in [2.75, 3.05) is 6.54 Å². The highest BCUT2D eigenvalue weighted by Gasteiger charge is 2.10. The van der Waals surface area contributed by atoms with Gasteiger partial charge in [-0.25, -0.2) is 0 Å². The SMILES string of the molecule is O=C(/C=C/c1cccc2cccnc12)NCC(O)c1ccco1. The smallest absolute Gasteiger partial charge is 0.244 e. The molecule has 0 saturated carbocycles. The lowest BCUT2D eigenvalue weighted by Gasteiger charge is -2.07. The number of aliphatic hydroxyl groups is 1. The molecule has 2 aromatic heterocycles. The molecule has 23 heavy (non-hydrogen) atoms. The van der Waals surface area contributed by atoms with Crippen LogP contribution in [0.5, 0.6) is 0 Å². The third kappa shape index (κ3) is 3.64. The molecule has 0 fully saturated rings. The van der Waals surface area contributed by atoms with E-state index in [1.807, 2.05) is 30.3 Å². The van der Waals surface area contributed by atoms with Crippen molar-refractivity contribution in [3.05, 3.63) is 72.3 Å². The molecule has 0 aliphatic rings. The normalized spacial score (nSPS) is 12.6. The van der Waals surface area contributed by atoms with Crippen molar-refractivity contribution in [1.29, 1.82) is 0 Å². The van der Waals surface area contributed by atoms with Gasteiger partial charge in [0, 0.05) is 23.2 Å². The highest BCUT2D eigenvalue weighted by molar-refractivity contribution is 5.95. The first kappa shape index (κ1) is 15.0. The number of fused-ring (bicyclic) bond motifs is 1. The summed E-state index contributed by atoms with van der Waals surface area (Å²) < 4.78 is 5.08. The third-order valence-corrected chi connectivity index (χ3v) is 3.42. The largest absolute Gasteiger partial charge is 0.467 e. The second kappa shape index (κ2) is 6.89. The number of furan rings is 1. The lowest BCUT2D eigenvalue weighted by atomic mass is 10.1. The number of amides is 1. The number of benzene rings is 1. The van der Waals surface area contributed by atoms with Crippen LogP contribution in [0.2, 0.25) is 0 Å². The number of hydrogen-bond acceptors (Lipinski definition) is 4. The number of carbonyl (C=O) groups excluding carboxylic acids is 1. The quantitative estimate of drug-likeness (QED) is 0.711. The van der Waals surface area contributed by atoms with Gasteiger partial charge in [0.05, 0.1) is 18.3 Å². The van der Waals surface area contributed by atoms with Gasteiger partial charge in [0.1, 0.15) is 11.9 Å². The fraction of sp³-hybridized carbons (Fsp3) is 0.111. The second-order valence-electron chi connectivity index (χ2n) is 5.03. The van der Waals surface area contributed by atoms with Crippen molar-refractivity contribution in [1.82, 2.24) is 10.3 Å². The molecule has 0 radical (unpaired) electrons. The Hall–Kier alpha value is -2.92. The summed E-state index contributed by atoms with van der Waals surface area (Å²) in [7, 11) is 0. The van der Waals surface area contributed by atoms with E-state index in [1.165, 1.54) is 12.3 Å². The van der Waals surface area contributed by atoms with E-state index in [0.717, 1.165) is 16.5 Å². The van der Waals surface area contributed by atoms with Crippen molar-refractivity contribution in [2.45, 2.75) is 6.10 Å². The van der Waals surface area contributed by atoms with Gasteiger partial charge < -0.3 is 14.8 Å². The van der Waals surface area contributed by atoms with E-state index in [4.69, 9.17) is 4.42 Å². The zero-order valence-corrected chi connectivity index (χ0v) is 12.3. The summed E-state index contributed by atoms with van der Waals surface area (Å²) in [6.07, 6.45) is 5.48. The molecule has 1 aromatic carbocycles. The minimum absolute atomic E-state index is 0.0878. The summed E-state index contributed by atoms with van der Waals surface area (Å²) in [5.74, 6) is 0.135. The Bertz CT molecular complexity index is 820. The van der Waals surface area contributed by atoms with Crippen LogP contribution in [0.4, 0.5) is 0 Å². The van der Waals surface area contributed by atoms with Crippen LogP contribution >= 0.6 is 0 Å². The summed E-state index contributed by atoms with van der Waals surface area (Å²) >= 11 is 0. The number of pyridine rings is 1. The van der Waals surface area contributed by atoms with Crippen LogP contribution in [0.1, 0.15) is 17.4 Å². The van der Waals surface area contributed by atoms with Crippen molar-refractivity contribution in [3.8, 4) is 0 Å². The van der Waals surface area contributed by atoms with Gasteiger partial charge in [-0.2, -0.15) is 0 Å². The van der Waals surface area contributed by atoms with E-state index < -0.39 is 6.10 Å². The Kier molecular flexibility index (Phi) is 4.49. The van der Waals surface area contributed by atoms with Gasteiger partial charge in [-0.1, -0.05) is 24.3 Å². The summed E-state index contributed by atoms with van der Waals surface area (Å²) in [5.41, 5.74) is 1.71. The minimum Gasteiger partial charge on any atom is -0.467 e. The summed E-state index contributed by atoms with van der Waals surface area (Å²) in [6, 6.07) is 13.0. The molecule has 2 N–H and O–H groups in total. The molecule has 116 valence electrons. The lowest BCUT2D eigenvalue weighted by Crippen LogP contribution is -2.26. The molecule has 0 saturated heterocycles. The first-order valence-electron chi connectivity index (χ1n) is 7.25. The molecule has 5 nitrogen and oxygen atoms in total. The van der Waals surface area contributed by atoms with Gasteiger partial charge in [0.2, 0.25) is 5.91 Å². The van der Waals surface area contributed by atoms with Gasteiger partial charge in [-0.15, -0.1) is 0 Å². The van der Waals surface area contributed by atoms with Crippen LogP contribution in [0.25, 0.3) is 17.0 Å². The first-order chi connectivity index (χ1) is 11.2. The fourth-order valence-electron chi connectivity index (χ4n) is 2.27. The highest BCUT2D eigenvalue weighted by atomic mass is 16.4. The molecule has 2 heterocycles. The highest BCUT2D eigenvalue weighted by Crippen LogP contribution is 2.17. The standard InChI is InChI=1S/C18H16N2O3/c21-15(16-7-3-11-23-16)12-20-17(22)9-8-14-5-1-4-13-6-2-10-19-18(13)14/h1-11,15,21H,12H2,(H,20,22)/b9-8+. The monoisotopic (exact) mass is 308 g/mol. The summed E-state index contributed by atoms with van der Waals surface area (Å²) in [5, 5.41) is 13.5. The number of nitrogens with one attached hydrogen (secondary N) is 1. The number of nitrogens with zero attached hydrogens (tertiary/aromatic N) is 1. The maximum Gasteiger partial charge on any atom is 0.244 e. The zero-order chi connectivity index (χ0) is 16.1. The molecule has 1 atom stereocenters. The van der Waals surface area contributed by atoms with Crippen LogP contribution < -0.4 is 5.32 Å². The topological polar surface area (TPSA) is 75.4 Å². The average molecular weight is 308 g/mol. The molecule has 5 heteroatoms. The third-order valence-electron chi connectivity index (χ3n) is 3.42. The van der Waals surface area contributed by atoms with Crippen molar-refractivity contribution in [3.63, 3.8) is 0 Å². The number of aromatic nitrogens is 1. The van der Waals surface area contributed by atoms with Gasteiger partial charge in [0.15, 0.2) is 0 Å². The molecule has 0 aliphatic heterocycles. The first-order valence-corrected chi connectivity index (χ1v) is 7.25. The summed E-state index contributed by atoms with van der Waals surface area (Å²) in [6.45, 7) is 0.0878. The average Bonchev–Trinajstić information content (AvgIpc) is 3.12. The number of para-hydroxylation sites is 1. The molecule has 3 rings (SSSR count). The van der Waals surface area contributed by atoms with E-state index in [-0.39, 0.29) is 12.5 Å². The summed E-state index contributed by atoms with van der Waals surface area (Å²) in [4.78, 5) is 16.2.